The lowest BCUT2D eigenvalue weighted by molar-refractivity contribution is 0.0364. The number of aryl methyl sites for hydroxylation is 2. The van der Waals surface area contributed by atoms with E-state index in [1.54, 1.807) is 30.4 Å². The van der Waals surface area contributed by atoms with Crippen LogP contribution < -0.4 is 10.6 Å². The van der Waals surface area contributed by atoms with E-state index < -0.39 is 7.92 Å². The highest BCUT2D eigenvalue weighted by molar-refractivity contribution is 7.74. The summed E-state index contributed by atoms with van der Waals surface area (Å²) in [4.78, 5) is 0. The smallest absolute Gasteiger partial charge is 0.000622 e. The van der Waals surface area contributed by atoms with Gasteiger partial charge >= 0.3 is 0 Å². The average Bonchev–Trinajstić information content (AvgIpc) is 3.06. The highest BCUT2D eigenvalue weighted by Gasteiger charge is 2.55. The molecule has 4 fully saturated rings. The van der Waals surface area contributed by atoms with Crippen LogP contribution in [-0.4, -0.2) is 5.16 Å². The first kappa shape index (κ1) is 37.1. The molecule has 4 aliphatic rings. The predicted molar refractivity (Wildman–Crippen MR) is 212 cm³/mol. The number of hydrogen-bond donors (Lipinski definition) is 0. The second kappa shape index (κ2) is 18.2. The van der Waals surface area contributed by atoms with Gasteiger partial charge in [0.2, 0.25) is 0 Å². The highest BCUT2D eigenvalue weighted by atomic mass is 31.1. The largest absolute Gasteiger partial charge is 0.0654 e. The Balaban J connectivity index is 1.77. The first-order chi connectivity index (χ1) is 23.0. The van der Waals surface area contributed by atoms with E-state index >= 15 is 0 Å². The van der Waals surface area contributed by atoms with Crippen molar-refractivity contribution in [1.82, 2.24) is 0 Å². The molecule has 0 atom stereocenters. The van der Waals surface area contributed by atoms with Crippen LogP contribution in [0.15, 0.2) is 24.3 Å². The minimum absolute atomic E-state index is 0.413. The Bertz CT molecular complexity index is 1140. The maximum Gasteiger partial charge on any atom is -0.000622 e. The summed E-state index contributed by atoms with van der Waals surface area (Å²) in [6.07, 6.45) is 32.8. The monoisotopic (exact) mass is 657 g/mol. The molecule has 0 radical (unpaired) electrons. The van der Waals surface area contributed by atoms with Gasteiger partial charge in [-0.05, 0) is 190 Å². The second-order valence-electron chi connectivity index (χ2n) is 16.5. The van der Waals surface area contributed by atoms with Crippen LogP contribution in [0.4, 0.5) is 0 Å². The van der Waals surface area contributed by atoms with Crippen molar-refractivity contribution < 1.29 is 0 Å². The average molecular weight is 657 g/mol. The zero-order chi connectivity index (χ0) is 33.2. The second-order valence-corrected chi connectivity index (χ2v) is 19.1. The van der Waals surface area contributed by atoms with Gasteiger partial charge in [-0.3, -0.25) is 0 Å². The number of benzene rings is 2. The summed E-state index contributed by atoms with van der Waals surface area (Å²) in [5.74, 6) is 2.99. The van der Waals surface area contributed by atoms with Gasteiger partial charge in [0.15, 0.2) is 0 Å². The molecule has 0 heterocycles. The zero-order valence-corrected chi connectivity index (χ0v) is 32.9. The Hall–Kier alpha value is -1.13. The lowest BCUT2D eigenvalue weighted by atomic mass is 9.56. The molecule has 0 nitrogen and oxygen atoms in total. The molecule has 4 saturated carbocycles. The van der Waals surface area contributed by atoms with Crippen LogP contribution in [0, 0.1) is 17.8 Å². The van der Waals surface area contributed by atoms with Gasteiger partial charge in [0.25, 0.3) is 0 Å². The van der Waals surface area contributed by atoms with Gasteiger partial charge in [0, 0.05) is 0 Å². The lowest BCUT2D eigenvalue weighted by Gasteiger charge is -2.60. The normalized spacial score (nSPS) is 23.3. The summed E-state index contributed by atoms with van der Waals surface area (Å²) in [7, 11) is -0.413. The lowest BCUT2D eigenvalue weighted by Crippen LogP contribution is -2.52. The van der Waals surface area contributed by atoms with Crippen LogP contribution in [-0.2, 0) is 38.5 Å². The molecule has 1 heteroatoms. The minimum Gasteiger partial charge on any atom is -0.0654 e. The summed E-state index contributed by atoms with van der Waals surface area (Å²) in [6.45, 7) is 14.4. The van der Waals surface area contributed by atoms with E-state index in [0.29, 0.717) is 5.16 Å². The predicted octanol–water partition coefficient (Wildman–Crippen LogP) is 13.1. The molecule has 4 aliphatic carbocycles. The van der Waals surface area contributed by atoms with E-state index in [-0.39, 0.29) is 0 Å². The van der Waals surface area contributed by atoms with E-state index in [1.165, 1.54) is 135 Å². The standard InChI is InChI=1S/C46H73P/c1-7-13-19-38-25-27-44(42(23-17-11-5)40(38)21-15-9-3)47(46-32-35-29-36(33-46)31-37(30-35)34-46)45-28-26-39(20-14-8-2)41(22-16-10-4)43(45)24-18-12-6/h25-28,35-37H,7-24,29-34H2,1-6H3. The molecule has 2 aromatic rings. The number of rotatable bonds is 21. The van der Waals surface area contributed by atoms with Crippen molar-refractivity contribution in [3.05, 3.63) is 57.6 Å². The summed E-state index contributed by atoms with van der Waals surface area (Å²) >= 11 is 0. The Kier molecular flexibility index (Phi) is 14.4. The Morgan fingerprint density at radius 2 is 0.766 bits per heavy atom. The molecule has 2 aromatic carbocycles. The third-order valence-corrected chi connectivity index (χ3v) is 16.0. The van der Waals surface area contributed by atoms with Crippen LogP contribution in [0.5, 0.6) is 0 Å². The first-order valence-corrected chi connectivity index (χ1v) is 22.4. The molecule has 0 spiro atoms. The molecule has 0 amide bonds. The summed E-state index contributed by atoms with van der Waals surface area (Å²) in [5, 5.41) is 4.25. The van der Waals surface area contributed by atoms with Crippen molar-refractivity contribution in [2.45, 2.75) is 201 Å². The van der Waals surface area contributed by atoms with Gasteiger partial charge in [0.1, 0.15) is 0 Å². The van der Waals surface area contributed by atoms with Gasteiger partial charge in [-0.15, -0.1) is 0 Å². The van der Waals surface area contributed by atoms with Crippen molar-refractivity contribution >= 4 is 18.5 Å². The molecule has 0 unspecified atom stereocenters. The van der Waals surface area contributed by atoms with Gasteiger partial charge in [-0.25, -0.2) is 0 Å². The Labute approximate surface area is 293 Å². The first-order valence-electron chi connectivity index (χ1n) is 21.1. The van der Waals surface area contributed by atoms with Gasteiger partial charge in [0.05, 0.1) is 0 Å². The van der Waals surface area contributed by atoms with Crippen LogP contribution in [0.1, 0.15) is 190 Å². The molecule has 0 aromatic heterocycles. The minimum atomic E-state index is -0.413. The van der Waals surface area contributed by atoms with Crippen LogP contribution in [0.25, 0.3) is 0 Å². The van der Waals surface area contributed by atoms with E-state index in [1.807, 2.05) is 32.9 Å². The van der Waals surface area contributed by atoms with Crippen molar-refractivity contribution in [2.24, 2.45) is 17.8 Å². The summed E-state index contributed by atoms with van der Waals surface area (Å²) in [5.41, 5.74) is 10.7. The van der Waals surface area contributed by atoms with Crippen LogP contribution in [0.2, 0.25) is 0 Å². The highest BCUT2D eigenvalue weighted by Crippen LogP contribution is 2.68. The number of hydrogen-bond acceptors (Lipinski definition) is 0. The molecule has 0 aliphatic heterocycles. The maximum absolute atomic E-state index is 2.77. The van der Waals surface area contributed by atoms with Crippen LogP contribution in [0.3, 0.4) is 0 Å². The van der Waals surface area contributed by atoms with Crippen LogP contribution >= 0.6 is 7.92 Å². The van der Waals surface area contributed by atoms with E-state index in [4.69, 9.17) is 0 Å². The third kappa shape index (κ3) is 8.61. The fraction of sp³-hybridized carbons (Fsp3) is 0.739. The molecule has 0 N–H and O–H groups in total. The van der Waals surface area contributed by atoms with E-state index in [0.717, 1.165) is 17.8 Å². The maximum atomic E-state index is 2.77. The van der Waals surface area contributed by atoms with E-state index in [9.17, 15) is 0 Å². The topological polar surface area (TPSA) is 0 Å². The summed E-state index contributed by atoms with van der Waals surface area (Å²) in [6, 6.07) is 10.9. The van der Waals surface area contributed by atoms with Crippen molar-refractivity contribution in [2.75, 3.05) is 0 Å². The SMILES string of the molecule is CCCCc1ccc(P(c2ccc(CCCC)c(CCCC)c2CCCC)C23CC4CC(CC(C4)C2)C3)c(CCCC)c1CCCC. The molecule has 0 saturated heterocycles. The molecule has 47 heavy (non-hydrogen) atoms. The van der Waals surface area contributed by atoms with E-state index in [2.05, 4.69) is 65.8 Å². The Morgan fingerprint density at radius 3 is 1.11 bits per heavy atom. The Morgan fingerprint density at radius 1 is 0.447 bits per heavy atom. The van der Waals surface area contributed by atoms with Gasteiger partial charge in [-0.2, -0.15) is 0 Å². The van der Waals surface area contributed by atoms with Crippen molar-refractivity contribution in [3.8, 4) is 0 Å². The van der Waals surface area contributed by atoms with Crippen molar-refractivity contribution in [3.63, 3.8) is 0 Å². The zero-order valence-electron chi connectivity index (χ0n) is 32.0. The number of unbranched alkanes of at least 4 members (excludes halogenated alkanes) is 6. The molecule has 6 rings (SSSR count). The quantitative estimate of drug-likeness (QED) is 0.117. The van der Waals surface area contributed by atoms with Gasteiger partial charge < -0.3 is 0 Å². The van der Waals surface area contributed by atoms with Crippen molar-refractivity contribution in [1.29, 1.82) is 0 Å². The molecule has 4 bridgehead atoms. The summed E-state index contributed by atoms with van der Waals surface area (Å²) < 4.78 is 0. The molecular formula is C46H73P. The fourth-order valence-electron chi connectivity index (χ4n) is 10.7. The molecule has 262 valence electrons. The fourth-order valence-corrected chi connectivity index (χ4v) is 14.7. The molecular weight excluding hydrogens is 583 g/mol. The third-order valence-electron chi connectivity index (χ3n) is 12.7. The van der Waals surface area contributed by atoms with Gasteiger partial charge in [-0.1, -0.05) is 104 Å².